The first kappa shape index (κ1) is 14.1. The number of hydrogen-bond donors (Lipinski definition) is 1. The summed E-state index contributed by atoms with van der Waals surface area (Å²) in [5.41, 5.74) is 1.91. The van der Waals surface area contributed by atoms with Crippen molar-refractivity contribution in [3.05, 3.63) is 29.3 Å². The Morgan fingerprint density at radius 2 is 1.90 bits per heavy atom. The smallest absolute Gasteiger partial charge is 0.261 e. The van der Waals surface area contributed by atoms with Crippen LogP contribution in [0.5, 0.6) is 0 Å². The van der Waals surface area contributed by atoms with Gasteiger partial charge in [0.2, 0.25) is 0 Å². The van der Waals surface area contributed by atoms with Crippen LogP contribution in [0, 0.1) is 0 Å². The van der Waals surface area contributed by atoms with E-state index in [2.05, 4.69) is 17.3 Å². The lowest BCUT2D eigenvalue weighted by atomic mass is 10.0. The third-order valence-corrected chi connectivity index (χ3v) is 4.55. The molecule has 1 aromatic rings. The van der Waals surface area contributed by atoms with Crippen LogP contribution in [0.25, 0.3) is 0 Å². The molecule has 1 aromatic carbocycles. The number of rotatable bonds is 3. The molecule has 0 spiro atoms. The van der Waals surface area contributed by atoms with E-state index in [1.165, 1.54) is 31.2 Å². The Kier molecular flexibility index (Phi) is 3.68. The number of carbonyl (C=O) groups excluding carboxylic acids is 2. The number of nitrogens with zero attached hydrogens (tertiary/aromatic N) is 2. The van der Waals surface area contributed by atoms with E-state index in [0.29, 0.717) is 17.2 Å². The highest BCUT2D eigenvalue weighted by atomic mass is 16.2. The van der Waals surface area contributed by atoms with Crippen molar-refractivity contribution in [1.82, 2.24) is 9.80 Å². The molecule has 2 amide bonds. The fourth-order valence-electron chi connectivity index (χ4n) is 3.11. The maximum atomic E-state index is 12.0. The van der Waals surface area contributed by atoms with E-state index in [4.69, 9.17) is 0 Å². The molecule has 1 fully saturated rings. The maximum absolute atomic E-state index is 12.0. The molecule has 2 aliphatic rings. The summed E-state index contributed by atoms with van der Waals surface area (Å²) in [4.78, 5) is 27.4. The lowest BCUT2D eigenvalue weighted by Gasteiger charge is -2.32. The monoisotopic (exact) mass is 287 g/mol. The largest absolute Gasteiger partial charge is 0.383 e. The van der Waals surface area contributed by atoms with Crippen LogP contribution >= 0.6 is 0 Å². The SMILES string of the molecule is CN1C(=O)c2ccc(NCC3CCCCN3C)cc2C1=O. The highest BCUT2D eigenvalue weighted by molar-refractivity contribution is 6.21. The molecule has 0 aromatic heterocycles. The molecule has 1 atom stereocenters. The van der Waals surface area contributed by atoms with E-state index in [1.807, 2.05) is 6.07 Å². The van der Waals surface area contributed by atoms with Gasteiger partial charge in [-0.05, 0) is 44.6 Å². The number of carbonyl (C=O) groups is 2. The van der Waals surface area contributed by atoms with Crippen molar-refractivity contribution in [2.45, 2.75) is 25.3 Å². The van der Waals surface area contributed by atoms with Gasteiger partial charge in [-0.2, -0.15) is 0 Å². The van der Waals surface area contributed by atoms with Crippen molar-refractivity contribution < 1.29 is 9.59 Å². The van der Waals surface area contributed by atoms with Crippen LogP contribution in [0.15, 0.2) is 18.2 Å². The first-order valence-electron chi connectivity index (χ1n) is 7.48. The average Bonchev–Trinajstić information content (AvgIpc) is 2.71. The molecule has 1 saturated heterocycles. The Labute approximate surface area is 124 Å². The predicted octanol–water partition coefficient (Wildman–Crippen LogP) is 1.81. The minimum atomic E-state index is -0.214. The van der Waals surface area contributed by atoms with Gasteiger partial charge in [-0.25, -0.2) is 0 Å². The molecule has 5 nitrogen and oxygen atoms in total. The number of likely N-dealkylation sites (tertiary alicyclic amines) is 1. The van der Waals surface area contributed by atoms with Crippen molar-refractivity contribution in [1.29, 1.82) is 0 Å². The normalized spacial score (nSPS) is 22.6. The summed E-state index contributed by atoms with van der Waals surface area (Å²) in [6, 6.07) is 5.95. The van der Waals surface area contributed by atoms with Gasteiger partial charge < -0.3 is 10.2 Å². The highest BCUT2D eigenvalue weighted by Crippen LogP contribution is 2.25. The molecular formula is C16H21N3O2. The third-order valence-electron chi connectivity index (χ3n) is 4.55. The number of benzene rings is 1. The van der Waals surface area contributed by atoms with Crippen LogP contribution < -0.4 is 5.32 Å². The molecule has 0 aliphatic carbocycles. The molecule has 1 unspecified atom stereocenters. The second-order valence-electron chi connectivity index (χ2n) is 5.94. The van der Waals surface area contributed by atoms with Crippen LogP contribution in [-0.2, 0) is 0 Å². The zero-order valence-corrected chi connectivity index (χ0v) is 12.6. The molecule has 0 saturated carbocycles. The fourth-order valence-corrected chi connectivity index (χ4v) is 3.11. The molecule has 21 heavy (non-hydrogen) atoms. The van der Waals surface area contributed by atoms with Gasteiger partial charge in [0.1, 0.15) is 0 Å². The van der Waals surface area contributed by atoms with E-state index in [-0.39, 0.29) is 11.8 Å². The second-order valence-corrected chi connectivity index (χ2v) is 5.94. The van der Waals surface area contributed by atoms with Gasteiger partial charge in [0.25, 0.3) is 11.8 Å². The molecule has 112 valence electrons. The molecular weight excluding hydrogens is 266 g/mol. The lowest BCUT2D eigenvalue weighted by Crippen LogP contribution is -2.40. The summed E-state index contributed by atoms with van der Waals surface area (Å²) in [7, 11) is 3.68. The molecule has 1 N–H and O–H groups in total. The average molecular weight is 287 g/mol. The lowest BCUT2D eigenvalue weighted by molar-refractivity contribution is 0.0693. The Bertz CT molecular complexity index is 585. The minimum Gasteiger partial charge on any atom is -0.383 e. The standard InChI is InChI=1S/C16H21N3O2/c1-18-8-4-3-5-12(18)10-17-11-6-7-13-14(9-11)16(21)19(2)15(13)20/h6-7,9,12,17H,3-5,8,10H2,1-2H3. The number of fused-ring (bicyclic) bond motifs is 1. The first-order valence-corrected chi connectivity index (χ1v) is 7.48. The Balaban J connectivity index is 1.71. The van der Waals surface area contributed by atoms with Gasteiger partial charge in [-0.15, -0.1) is 0 Å². The fraction of sp³-hybridized carbons (Fsp3) is 0.500. The van der Waals surface area contributed by atoms with Gasteiger partial charge in [0.15, 0.2) is 0 Å². The van der Waals surface area contributed by atoms with Crippen molar-refractivity contribution in [2.75, 3.05) is 32.5 Å². The van der Waals surface area contributed by atoms with Crippen molar-refractivity contribution >= 4 is 17.5 Å². The van der Waals surface area contributed by atoms with Crippen molar-refractivity contribution in [3.63, 3.8) is 0 Å². The number of amides is 2. The second kappa shape index (κ2) is 5.48. The van der Waals surface area contributed by atoms with Gasteiger partial charge in [0.05, 0.1) is 11.1 Å². The summed E-state index contributed by atoms with van der Waals surface area (Å²) in [6.45, 7) is 2.02. The summed E-state index contributed by atoms with van der Waals surface area (Å²) in [6.07, 6.45) is 3.75. The van der Waals surface area contributed by atoms with Gasteiger partial charge in [-0.3, -0.25) is 14.5 Å². The number of piperidine rings is 1. The third kappa shape index (κ3) is 2.53. The zero-order valence-electron chi connectivity index (χ0n) is 12.6. The van der Waals surface area contributed by atoms with Crippen molar-refractivity contribution in [3.8, 4) is 0 Å². The zero-order chi connectivity index (χ0) is 15.0. The topological polar surface area (TPSA) is 52.7 Å². The quantitative estimate of drug-likeness (QED) is 0.862. The van der Waals surface area contributed by atoms with E-state index < -0.39 is 0 Å². The van der Waals surface area contributed by atoms with Crippen LogP contribution in [0.4, 0.5) is 5.69 Å². The Morgan fingerprint density at radius 3 is 2.67 bits per heavy atom. The van der Waals surface area contributed by atoms with Gasteiger partial charge in [0, 0.05) is 25.3 Å². The molecule has 0 bridgehead atoms. The summed E-state index contributed by atoms with van der Waals surface area (Å²) in [5, 5.41) is 3.40. The molecule has 0 radical (unpaired) electrons. The predicted molar refractivity (Wildman–Crippen MR) is 81.6 cm³/mol. The number of anilines is 1. The molecule has 2 aliphatic heterocycles. The highest BCUT2D eigenvalue weighted by Gasteiger charge is 2.32. The summed E-state index contributed by atoms with van der Waals surface area (Å²) in [5.74, 6) is -0.429. The minimum absolute atomic E-state index is 0.214. The first-order chi connectivity index (χ1) is 10.1. The number of nitrogens with one attached hydrogen (secondary N) is 1. The number of hydrogen-bond acceptors (Lipinski definition) is 4. The van der Waals surface area contributed by atoms with Gasteiger partial charge >= 0.3 is 0 Å². The van der Waals surface area contributed by atoms with Crippen LogP contribution in [0.1, 0.15) is 40.0 Å². The van der Waals surface area contributed by atoms with Crippen LogP contribution in [-0.4, -0.2) is 54.8 Å². The molecule has 5 heteroatoms. The summed E-state index contributed by atoms with van der Waals surface area (Å²) < 4.78 is 0. The van der Waals surface area contributed by atoms with E-state index in [1.54, 1.807) is 12.1 Å². The maximum Gasteiger partial charge on any atom is 0.261 e. The van der Waals surface area contributed by atoms with Crippen LogP contribution in [0.3, 0.4) is 0 Å². The van der Waals surface area contributed by atoms with Crippen LogP contribution in [0.2, 0.25) is 0 Å². The molecule has 3 rings (SSSR count). The Hall–Kier alpha value is -1.88. The Morgan fingerprint density at radius 1 is 1.14 bits per heavy atom. The van der Waals surface area contributed by atoms with Crippen molar-refractivity contribution in [2.24, 2.45) is 0 Å². The van der Waals surface area contributed by atoms with E-state index in [9.17, 15) is 9.59 Å². The molecule has 2 heterocycles. The number of likely N-dealkylation sites (N-methyl/N-ethyl adjacent to an activating group) is 1. The van der Waals surface area contributed by atoms with E-state index in [0.717, 1.165) is 18.8 Å². The van der Waals surface area contributed by atoms with E-state index >= 15 is 0 Å². The van der Waals surface area contributed by atoms with Gasteiger partial charge in [-0.1, -0.05) is 6.42 Å². The number of imide groups is 1. The summed E-state index contributed by atoms with van der Waals surface area (Å²) >= 11 is 0.